The molecule has 2 unspecified atom stereocenters. The van der Waals surface area contributed by atoms with Crippen molar-refractivity contribution < 1.29 is 9.13 Å². The second-order valence-corrected chi connectivity index (χ2v) is 8.55. The molecule has 10 nitrogen and oxygen atoms in total. The number of hydrazone groups is 1. The summed E-state index contributed by atoms with van der Waals surface area (Å²) < 4.78 is 21.0. The van der Waals surface area contributed by atoms with Crippen LogP contribution < -0.4 is 11.5 Å². The highest BCUT2D eigenvalue weighted by Gasteiger charge is 2.35. The Kier molecular flexibility index (Phi) is 5.87. The van der Waals surface area contributed by atoms with Crippen molar-refractivity contribution in [2.24, 2.45) is 10.8 Å². The van der Waals surface area contributed by atoms with Crippen LogP contribution >= 0.6 is 0 Å². The first kappa shape index (κ1) is 22.8. The molecule has 0 radical (unpaired) electrons. The van der Waals surface area contributed by atoms with Gasteiger partial charge in [-0.1, -0.05) is 18.2 Å². The van der Waals surface area contributed by atoms with Crippen LogP contribution in [0.1, 0.15) is 29.8 Å². The van der Waals surface area contributed by atoms with Gasteiger partial charge < -0.3 is 21.2 Å². The Morgan fingerprint density at radius 3 is 2.83 bits per heavy atom. The number of ether oxygens (including phenoxy) is 1. The van der Waals surface area contributed by atoms with E-state index in [1.807, 2.05) is 18.3 Å². The SMILES string of the molecule is CN1CC(c2cnc3[nH]cc(-c4cc(C(C)(OCCN)c5ccccc5F)nc(N)n4)c3n2)C=N1. The van der Waals surface area contributed by atoms with Gasteiger partial charge in [0, 0.05) is 43.7 Å². The zero-order valence-corrected chi connectivity index (χ0v) is 19.4. The number of anilines is 1. The predicted molar refractivity (Wildman–Crippen MR) is 131 cm³/mol. The third-order valence-corrected chi connectivity index (χ3v) is 6.09. The van der Waals surface area contributed by atoms with Crippen molar-refractivity contribution in [2.45, 2.75) is 18.4 Å². The van der Waals surface area contributed by atoms with Crippen LogP contribution in [0.25, 0.3) is 22.4 Å². The van der Waals surface area contributed by atoms with Gasteiger partial charge in [0.15, 0.2) is 5.65 Å². The first-order valence-corrected chi connectivity index (χ1v) is 11.2. The van der Waals surface area contributed by atoms with E-state index >= 15 is 0 Å². The van der Waals surface area contributed by atoms with Gasteiger partial charge in [0.25, 0.3) is 0 Å². The first-order chi connectivity index (χ1) is 16.9. The molecule has 0 fully saturated rings. The zero-order chi connectivity index (χ0) is 24.6. The highest BCUT2D eigenvalue weighted by molar-refractivity contribution is 5.89. The number of fused-ring (bicyclic) bond motifs is 1. The highest BCUT2D eigenvalue weighted by Crippen LogP contribution is 2.36. The van der Waals surface area contributed by atoms with E-state index in [-0.39, 0.29) is 25.0 Å². The summed E-state index contributed by atoms with van der Waals surface area (Å²) in [5.74, 6) is -0.351. The molecule has 180 valence electrons. The summed E-state index contributed by atoms with van der Waals surface area (Å²) in [5, 5.41) is 6.15. The molecule has 1 aliphatic heterocycles. The maximum atomic E-state index is 14.9. The van der Waals surface area contributed by atoms with Crippen LogP contribution in [-0.4, -0.2) is 62.9 Å². The molecule has 3 aromatic heterocycles. The number of H-pyrrole nitrogens is 1. The smallest absolute Gasteiger partial charge is 0.220 e. The number of halogens is 1. The van der Waals surface area contributed by atoms with Crippen LogP contribution in [0.15, 0.2) is 47.8 Å². The van der Waals surface area contributed by atoms with Crippen molar-refractivity contribution in [3.05, 3.63) is 65.5 Å². The molecule has 11 heteroatoms. The van der Waals surface area contributed by atoms with Crippen molar-refractivity contribution in [3.8, 4) is 11.3 Å². The molecule has 0 aliphatic carbocycles. The van der Waals surface area contributed by atoms with E-state index in [1.54, 1.807) is 43.6 Å². The third-order valence-electron chi connectivity index (χ3n) is 6.09. The highest BCUT2D eigenvalue weighted by atomic mass is 19.1. The van der Waals surface area contributed by atoms with Gasteiger partial charge in [-0.25, -0.2) is 24.3 Å². The van der Waals surface area contributed by atoms with Crippen molar-refractivity contribution in [3.63, 3.8) is 0 Å². The first-order valence-electron chi connectivity index (χ1n) is 11.2. The summed E-state index contributed by atoms with van der Waals surface area (Å²) >= 11 is 0. The Labute approximate surface area is 201 Å². The van der Waals surface area contributed by atoms with Crippen LogP contribution in [0, 0.1) is 5.82 Å². The lowest BCUT2D eigenvalue weighted by Gasteiger charge is -2.30. The minimum atomic E-state index is -1.25. The minimum absolute atomic E-state index is 0.0272. The molecule has 5 rings (SSSR count). The van der Waals surface area contributed by atoms with Crippen LogP contribution in [0.4, 0.5) is 10.3 Å². The van der Waals surface area contributed by atoms with Gasteiger partial charge in [0.05, 0.1) is 35.8 Å². The number of aromatic amines is 1. The van der Waals surface area contributed by atoms with Crippen molar-refractivity contribution in [2.75, 3.05) is 32.5 Å². The molecule has 4 aromatic rings. The summed E-state index contributed by atoms with van der Waals surface area (Å²) in [6.07, 6.45) is 5.38. The maximum absolute atomic E-state index is 14.9. The predicted octanol–water partition coefficient (Wildman–Crippen LogP) is 2.39. The second kappa shape index (κ2) is 9.01. The van der Waals surface area contributed by atoms with Crippen molar-refractivity contribution in [1.29, 1.82) is 0 Å². The van der Waals surface area contributed by atoms with Crippen LogP contribution in [0.3, 0.4) is 0 Å². The number of rotatable bonds is 7. The van der Waals surface area contributed by atoms with Crippen molar-refractivity contribution >= 4 is 23.3 Å². The van der Waals surface area contributed by atoms with E-state index in [0.717, 1.165) is 12.2 Å². The number of nitrogens with zero attached hydrogens (tertiary/aromatic N) is 6. The Morgan fingerprint density at radius 2 is 2.09 bits per heavy atom. The third kappa shape index (κ3) is 4.19. The van der Waals surface area contributed by atoms with E-state index in [0.29, 0.717) is 33.7 Å². The standard InChI is InChI=1S/C24H26FN9O/c1-24(35-8-7-26,16-5-3-4-6-17(16)25)20-9-18(32-23(27)33-20)15-11-28-22-21(15)31-19(12-29-22)14-10-30-34(2)13-14/h3-6,9-12,14H,7-8,13,26H2,1-2H3,(H,28,29)(H2,27,32,33). The summed E-state index contributed by atoms with van der Waals surface area (Å²) in [4.78, 5) is 21.4. The Morgan fingerprint density at radius 1 is 1.26 bits per heavy atom. The van der Waals surface area contributed by atoms with Gasteiger partial charge in [0.2, 0.25) is 5.95 Å². The molecule has 0 amide bonds. The quantitative estimate of drug-likeness (QED) is 0.370. The molecule has 0 saturated heterocycles. The summed E-state index contributed by atoms with van der Waals surface area (Å²) in [7, 11) is 1.91. The van der Waals surface area contributed by atoms with Gasteiger partial charge in [-0.05, 0) is 19.1 Å². The number of nitrogen functional groups attached to an aromatic ring is 1. The van der Waals surface area contributed by atoms with Gasteiger partial charge in [-0.3, -0.25) is 5.01 Å². The number of hydrogen-bond acceptors (Lipinski definition) is 9. The monoisotopic (exact) mass is 475 g/mol. The van der Waals surface area contributed by atoms with E-state index in [1.165, 1.54) is 6.07 Å². The van der Waals surface area contributed by atoms with Crippen LogP contribution in [0.2, 0.25) is 0 Å². The zero-order valence-electron chi connectivity index (χ0n) is 19.4. The Bertz CT molecular complexity index is 1410. The average Bonchev–Trinajstić information content (AvgIpc) is 3.48. The van der Waals surface area contributed by atoms with Crippen LogP contribution in [0.5, 0.6) is 0 Å². The number of benzene rings is 1. The van der Waals surface area contributed by atoms with E-state index in [4.69, 9.17) is 21.2 Å². The largest absolute Gasteiger partial charge is 0.368 e. The van der Waals surface area contributed by atoms with Gasteiger partial charge in [-0.2, -0.15) is 5.10 Å². The number of aromatic nitrogens is 5. The van der Waals surface area contributed by atoms with Crippen LogP contribution in [-0.2, 0) is 10.3 Å². The van der Waals surface area contributed by atoms with Crippen molar-refractivity contribution in [1.82, 2.24) is 29.9 Å². The fraction of sp³-hybridized carbons (Fsp3) is 0.292. The fourth-order valence-corrected chi connectivity index (χ4v) is 4.27. The Balaban J connectivity index is 1.62. The summed E-state index contributed by atoms with van der Waals surface area (Å²) in [6.45, 7) is 2.93. The molecular formula is C24H26FN9O. The molecule has 2 atom stereocenters. The summed E-state index contributed by atoms with van der Waals surface area (Å²) in [6, 6.07) is 8.14. The normalized spacial score (nSPS) is 17.3. The number of nitrogens with one attached hydrogen (secondary N) is 1. The molecule has 4 heterocycles. The fourth-order valence-electron chi connectivity index (χ4n) is 4.27. The van der Waals surface area contributed by atoms with Gasteiger partial charge in [-0.15, -0.1) is 0 Å². The van der Waals surface area contributed by atoms with Gasteiger partial charge in [0.1, 0.15) is 16.9 Å². The Hall–Kier alpha value is -3.96. The van der Waals surface area contributed by atoms with Gasteiger partial charge >= 0.3 is 0 Å². The topological polar surface area (TPSA) is 144 Å². The molecule has 0 bridgehead atoms. The second-order valence-electron chi connectivity index (χ2n) is 8.55. The lowest BCUT2D eigenvalue weighted by atomic mass is 9.90. The van der Waals surface area contributed by atoms with E-state index in [2.05, 4.69) is 25.0 Å². The molecule has 0 spiro atoms. The lowest BCUT2D eigenvalue weighted by Crippen LogP contribution is -2.32. The minimum Gasteiger partial charge on any atom is -0.368 e. The number of nitrogens with two attached hydrogens (primary N) is 2. The molecule has 0 saturated carbocycles. The average molecular weight is 476 g/mol. The number of hydrogen-bond donors (Lipinski definition) is 3. The van der Waals surface area contributed by atoms with E-state index in [9.17, 15) is 4.39 Å². The molecule has 1 aromatic carbocycles. The maximum Gasteiger partial charge on any atom is 0.220 e. The molecular weight excluding hydrogens is 449 g/mol. The molecule has 35 heavy (non-hydrogen) atoms. The molecule has 1 aliphatic rings. The lowest BCUT2D eigenvalue weighted by molar-refractivity contribution is -0.00494. The number of likely N-dealkylation sites (N-methyl/N-ethyl adjacent to an activating group) is 1. The van der Waals surface area contributed by atoms with E-state index < -0.39 is 11.4 Å². The molecule has 5 N–H and O–H groups in total. The summed E-state index contributed by atoms with van der Waals surface area (Å²) in [5.41, 5.74) is 14.6.